The fraction of sp³-hybridized carbons (Fsp3) is 0.923. The molecule has 1 atom stereocenters. The number of rotatable bonds is 6. The molecule has 1 fully saturated rings. The predicted octanol–water partition coefficient (Wildman–Crippen LogP) is 2.30. The van der Waals surface area contributed by atoms with Gasteiger partial charge in [-0.05, 0) is 12.3 Å². The summed E-state index contributed by atoms with van der Waals surface area (Å²) >= 11 is 0. The first-order valence-corrected chi connectivity index (χ1v) is 6.80. The van der Waals surface area contributed by atoms with Gasteiger partial charge in [0.05, 0.1) is 13.1 Å². The first-order valence-electron chi connectivity index (χ1n) is 6.80. The third-order valence-corrected chi connectivity index (χ3v) is 3.68. The zero-order valence-electron chi connectivity index (χ0n) is 11.1. The summed E-state index contributed by atoms with van der Waals surface area (Å²) < 4.78 is 25.8. The SMILES string of the molecule is CC(CC1CCCCC1)C(=O)NCC(F)(F)CN. The minimum Gasteiger partial charge on any atom is -0.350 e. The molecule has 1 unspecified atom stereocenters. The molecule has 106 valence electrons. The Hall–Kier alpha value is -0.710. The molecule has 0 aromatic carbocycles. The van der Waals surface area contributed by atoms with E-state index in [1.54, 1.807) is 0 Å². The Morgan fingerprint density at radius 3 is 2.56 bits per heavy atom. The average Bonchev–Trinajstić information content (AvgIpc) is 2.37. The summed E-state index contributed by atoms with van der Waals surface area (Å²) in [4.78, 5) is 11.7. The van der Waals surface area contributed by atoms with Crippen LogP contribution in [0.25, 0.3) is 0 Å². The Kier molecular flexibility index (Phi) is 5.99. The van der Waals surface area contributed by atoms with Gasteiger partial charge < -0.3 is 11.1 Å². The summed E-state index contributed by atoms with van der Waals surface area (Å²) in [6.07, 6.45) is 6.86. The Balaban J connectivity index is 2.27. The van der Waals surface area contributed by atoms with Crippen molar-refractivity contribution in [3.05, 3.63) is 0 Å². The maximum absolute atomic E-state index is 12.9. The largest absolute Gasteiger partial charge is 0.350 e. The number of carbonyl (C=O) groups excluding carboxylic acids is 1. The monoisotopic (exact) mass is 262 g/mol. The summed E-state index contributed by atoms with van der Waals surface area (Å²) in [5.74, 6) is -2.90. The second-order valence-corrected chi connectivity index (χ2v) is 5.42. The molecule has 1 aliphatic rings. The fourth-order valence-corrected chi connectivity index (χ4v) is 2.49. The summed E-state index contributed by atoms with van der Waals surface area (Å²) in [6.45, 7) is 0.423. The van der Waals surface area contributed by atoms with E-state index in [1.165, 1.54) is 19.3 Å². The molecule has 5 heteroatoms. The second-order valence-electron chi connectivity index (χ2n) is 5.42. The fourth-order valence-electron chi connectivity index (χ4n) is 2.49. The van der Waals surface area contributed by atoms with Crippen molar-refractivity contribution < 1.29 is 13.6 Å². The quantitative estimate of drug-likeness (QED) is 0.771. The molecule has 1 saturated carbocycles. The molecule has 0 heterocycles. The van der Waals surface area contributed by atoms with Crippen LogP contribution in [0, 0.1) is 11.8 Å². The predicted molar refractivity (Wildman–Crippen MR) is 67.4 cm³/mol. The van der Waals surface area contributed by atoms with Gasteiger partial charge >= 0.3 is 0 Å². The minimum atomic E-state index is -3.00. The summed E-state index contributed by atoms with van der Waals surface area (Å²) in [5, 5.41) is 2.29. The van der Waals surface area contributed by atoms with Gasteiger partial charge in [-0.15, -0.1) is 0 Å². The number of nitrogens with one attached hydrogen (secondary N) is 1. The zero-order valence-corrected chi connectivity index (χ0v) is 11.1. The number of halogens is 2. The van der Waals surface area contributed by atoms with Crippen molar-refractivity contribution >= 4 is 5.91 Å². The molecule has 18 heavy (non-hydrogen) atoms. The first kappa shape index (κ1) is 15.3. The number of nitrogens with two attached hydrogens (primary N) is 1. The Bertz CT molecular complexity index is 266. The van der Waals surface area contributed by atoms with Crippen LogP contribution in [0.4, 0.5) is 8.78 Å². The Morgan fingerprint density at radius 1 is 1.39 bits per heavy atom. The molecule has 0 aromatic heterocycles. The summed E-state index contributed by atoms with van der Waals surface area (Å²) in [5.41, 5.74) is 4.92. The highest BCUT2D eigenvalue weighted by molar-refractivity contribution is 5.78. The maximum atomic E-state index is 12.9. The van der Waals surface area contributed by atoms with Crippen molar-refractivity contribution in [3.8, 4) is 0 Å². The van der Waals surface area contributed by atoms with Crippen LogP contribution in [0.15, 0.2) is 0 Å². The number of amides is 1. The highest BCUT2D eigenvalue weighted by Crippen LogP contribution is 2.29. The van der Waals surface area contributed by atoms with Crippen LogP contribution in [0.5, 0.6) is 0 Å². The van der Waals surface area contributed by atoms with Gasteiger partial charge in [-0.2, -0.15) is 0 Å². The van der Waals surface area contributed by atoms with Crippen molar-refractivity contribution in [2.45, 2.75) is 51.4 Å². The molecule has 0 aromatic rings. The van der Waals surface area contributed by atoms with E-state index in [9.17, 15) is 13.6 Å². The van der Waals surface area contributed by atoms with Crippen molar-refractivity contribution in [3.63, 3.8) is 0 Å². The lowest BCUT2D eigenvalue weighted by Crippen LogP contribution is -2.43. The maximum Gasteiger partial charge on any atom is 0.277 e. The molecule has 1 amide bonds. The molecule has 3 nitrogen and oxygen atoms in total. The van der Waals surface area contributed by atoms with Gasteiger partial charge in [0.25, 0.3) is 5.92 Å². The Morgan fingerprint density at radius 2 is 2.00 bits per heavy atom. The lowest BCUT2D eigenvalue weighted by molar-refractivity contribution is -0.126. The topological polar surface area (TPSA) is 55.1 Å². The lowest BCUT2D eigenvalue weighted by atomic mass is 9.83. The van der Waals surface area contributed by atoms with Crippen LogP contribution >= 0.6 is 0 Å². The number of hydrogen-bond donors (Lipinski definition) is 2. The van der Waals surface area contributed by atoms with Crippen LogP contribution < -0.4 is 11.1 Å². The summed E-state index contributed by atoms with van der Waals surface area (Å²) in [7, 11) is 0. The van der Waals surface area contributed by atoms with Gasteiger partial charge in [-0.25, -0.2) is 8.78 Å². The van der Waals surface area contributed by atoms with E-state index in [4.69, 9.17) is 5.73 Å². The molecule has 1 aliphatic carbocycles. The average molecular weight is 262 g/mol. The molecule has 1 rings (SSSR count). The Labute approximate surface area is 107 Å². The van der Waals surface area contributed by atoms with E-state index < -0.39 is 19.0 Å². The third kappa shape index (κ3) is 5.29. The minimum absolute atomic E-state index is 0.193. The number of hydrogen-bond acceptors (Lipinski definition) is 2. The van der Waals surface area contributed by atoms with E-state index in [0.29, 0.717) is 5.92 Å². The molecule has 0 spiro atoms. The van der Waals surface area contributed by atoms with E-state index in [0.717, 1.165) is 19.3 Å². The second kappa shape index (κ2) is 7.02. The number of carbonyl (C=O) groups is 1. The molecule has 0 saturated heterocycles. The van der Waals surface area contributed by atoms with Crippen LogP contribution in [-0.4, -0.2) is 24.9 Å². The normalized spacial score (nSPS) is 19.6. The highest BCUT2D eigenvalue weighted by atomic mass is 19.3. The van der Waals surface area contributed by atoms with Crippen molar-refractivity contribution in [1.29, 1.82) is 0 Å². The molecule has 0 radical (unpaired) electrons. The van der Waals surface area contributed by atoms with Crippen LogP contribution in [0.1, 0.15) is 45.4 Å². The van der Waals surface area contributed by atoms with Crippen LogP contribution in [0.2, 0.25) is 0 Å². The van der Waals surface area contributed by atoms with E-state index >= 15 is 0 Å². The molecular weight excluding hydrogens is 238 g/mol. The van der Waals surface area contributed by atoms with E-state index in [1.807, 2.05) is 6.92 Å². The standard InChI is InChI=1S/C13H24F2N2O/c1-10(7-11-5-3-2-4-6-11)12(18)17-9-13(14,15)8-16/h10-11H,2-9,16H2,1H3,(H,17,18). The zero-order chi connectivity index (χ0) is 13.6. The van der Waals surface area contributed by atoms with Gasteiger partial charge in [0, 0.05) is 5.92 Å². The van der Waals surface area contributed by atoms with Gasteiger partial charge in [0.15, 0.2) is 0 Å². The van der Waals surface area contributed by atoms with Gasteiger partial charge in [0.2, 0.25) is 5.91 Å². The summed E-state index contributed by atoms with van der Waals surface area (Å²) in [6, 6.07) is 0. The van der Waals surface area contributed by atoms with Crippen molar-refractivity contribution in [2.75, 3.05) is 13.1 Å². The van der Waals surface area contributed by atoms with Crippen molar-refractivity contribution in [2.24, 2.45) is 17.6 Å². The van der Waals surface area contributed by atoms with Gasteiger partial charge in [0.1, 0.15) is 0 Å². The van der Waals surface area contributed by atoms with Crippen molar-refractivity contribution in [1.82, 2.24) is 5.32 Å². The molecule has 0 aliphatic heterocycles. The molecular formula is C13H24F2N2O. The van der Waals surface area contributed by atoms with Gasteiger partial charge in [-0.3, -0.25) is 4.79 Å². The number of alkyl halides is 2. The molecule has 3 N–H and O–H groups in total. The third-order valence-electron chi connectivity index (χ3n) is 3.68. The highest BCUT2D eigenvalue weighted by Gasteiger charge is 2.28. The first-order chi connectivity index (χ1) is 8.44. The lowest BCUT2D eigenvalue weighted by Gasteiger charge is -2.24. The van der Waals surface area contributed by atoms with E-state index in [2.05, 4.69) is 5.32 Å². The van der Waals surface area contributed by atoms with Gasteiger partial charge in [-0.1, -0.05) is 39.0 Å². The van der Waals surface area contributed by atoms with Crippen LogP contribution in [-0.2, 0) is 4.79 Å². The van der Waals surface area contributed by atoms with Crippen LogP contribution in [0.3, 0.4) is 0 Å². The van der Waals surface area contributed by atoms with E-state index in [-0.39, 0.29) is 11.8 Å². The molecule has 0 bridgehead atoms. The smallest absolute Gasteiger partial charge is 0.277 e.